The summed E-state index contributed by atoms with van der Waals surface area (Å²) in [5, 5.41) is 0. The minimum atomic E-state index is 0.957. The molecule has 0 atom stereocenters. The van der Waals surface area contributed by atoms with Crippen molar-refractivity contribution in [1.82, 2.24) is 9.97 Å². The minimum absolute atomic E-state index is 0.957. The summed E-state index contributed by atoms with van der Waals surface area (Å²) in [5.41, 5.74) is 1.12. The fraction of sp³-hybridized carbons (Fsp3) is 0.571. The highest BCUT2D eigenvalue weighted by atomic mass is 14.9. The van der Waals surface area contributed by atoms with E-state index in [1.54, 1.807) is 0 Å². The molecule has 0 aliphatic carbocycles. The molecule has 0 unspecified atom stereocenters. The van der Waals surface area contributed by atoms with Gasteiger partial charge in [-0.1, -0.05) is 13.3 Å². The smallest absolute Gasteiger partial charge is 0.112 e. The molecule has 1 rings (SSSR count). The second kappa shape index (κ2) is 2.67. The van der Waals surface area contributed by atoms with Crippen molar-refractivity contribution in [3.8, 4) is 0 Å². The molecule has 0 aliphatic heterocycles. The van der Waals surface area contributed by atoms with E-state index >= 15 is 0 Å². The van der Waals surface area contributed by atoms with Crippen LogP contribution in [0.1, 0.15) is 24.9 Å². The topological polar surface area (TPSA) is 28.7 Å². The maximum absolute atomic E-state index is 3.95. The monoisotopic (exact) mass is 123 g/mol. The minimum Gasteiger partial charge on any atom is -0.346 e. The van der Waals surface area contributed by atoms with Crippen molar-refractivity contribution < 1.29 is 0 Å². The zero-order valence-electron chi connectivity index (χ0n) is 5.86. The van der Waals surface area contributed by atoms with Gasteiger partial charge in [0.25, 0.3) is 0 Å². The quantitative estimate of drug-likeness (QED) is 0.633. The lowest BCUT2D eigenvalue weighted by atomic mass is 10.3. The number of hydrogen-bond donors (Lipinski definition) is 1. The van der Waals surface area contributed by atoms with Gasteiger partial charge >= 0.3 is 0 Å². The van der Waals surface area contributed by atoms with Gasteiger partial charge in [-0.25, -0.2) is 4.98 Å². The number of aromatic amines is 1. The molecule has 1 aromatic rings. The van der Waals surface area contributed by atoms with Crippen molar-refractivity contribution in [1.29, 1.82) is 0 Å². The third-order valence-corrected chi connectivity index (χ3v) is 1.19. The largest absolute Gasteiger partial charge is 0.346 e. The Balaban J connectivity index is 2.61. The predicted molar refractivity (Wildman–Crippen MR) is 36.2 cm³/mol. The van der Waals surface area contributed by atoms with E-state index < -0.39 is 0 Å². The molecule has 0 saturated carbocycles. The van der Waals surface area contributed by atoms with Crippen LogP contribution >= 0.6 is 0 Å². The van der Waals surface area contributed by atoms with E-state index in [-0.39, 0.29) is 0 Å². The number of imidazole rings is 1. The van der Waals surface area contributed by atoms with E-state index in [0.717, 1.165) is 24.4 Å². The molecule has 1 heterocycles. The van der Waals surface area contributed by atoms with E-state index in [0.29, 0.717) is 0 Å². The molecular formula is C7H11N2. The van der Waals surface area contributed by atoms with Gasteiger partial charge in [0, 0.05) is 5.69 Å². The molecule has 2 nitrogen and oxygen atoms in total. The molecule has 0 bridgehead atoms. The van der Waals surface area contributed by atoms with E-state index in [2.05, 4.69) is 23.1 Å². The molecule has 0 aliphatic rings. The van der Waals surface area contributed by atoms with Gasteiger partial charge in [-0.15, -0.1) is 0 Å². The zero-order valence-corrected chi connectivity index (χ0v) is 5.86. The van der Waals surface area contributed by atoms with E-state index in [1.165, 1.54) is 0 Å². The van der Waals surface area contributed by atoms with Crippen LogP contribution in [0.3, 0.4) is 0 Å². The number of nitrogens with one attached hydrogen (secondary N) is 1. The summed E-state index contributed by atoms with van der Waals surface area (Å²) < 4.78 is 0. The Hall–Kier alpha value is -0.790. The van der Waals surface area contributed by atoms with E-state index in [1.807, 2.05) is 6.92 Å². The first-order chi connectivity index (χ1) is 4.33. The second-order valence-corrected chi connectivity index (χ2v) is 2.16. The molecule has 0 aromatic carbocycles. The lowest BCUT2D eigenvalue weighted by Gasteiger charge is -1.87. The van der Waals surface area contributed by atoms with Crippen LogP contribution in [0.25, 0.3) is 0 Å². The second-order valence-electron chi connectivity index (χ2n) is 2.16. The highest BCUT2D eigenvalue weighted by Gasteiger charge is 1.93. The van der Waals surface area contributed by atoms with Gasteiger partial charge in [0.15, 0.2) is 0 Å². The van der Waals surface area contributed by atoms with Gasteiger partial charge in [-0.05, 0) is 13.3 Å². The third-order valence-electron chi connectivity index (χ3n) is 1.19. The molecular weight excluding hydrogens is 112 g/mol. The summed E-state index contributed by atoms with van der Waals surface area (Å²) in [6.45, 7) is 4.08. The van der Waals surface area contributed by atoms with Crippen LogP contribution in [0.5, 0.6) is 0 Å². The van der Waals surface area contributed by atoms with Crippen molar-refractivity contribution in [2.75, 3.05) is 0 Å². The lowest BCUT2D eigenvalue weighted by molar-refractivity contribution is 0.886. The van der Waals surface area contributed by atoms with Gasteiger partial charge < -0.3 is 4.98 Å². The molecule has 1 radical (unpaired) electrons. The standard InChI is InChI=1S/C7H11N2/c1-3-4-7-5-8-6(2)9-7/h3-4H2,1-2H3,(H,8,9). The summed E-state index contributed by atoms with van der Waals surface area (Å²) in [6.07, 6.45) is 5.11. The van der Waals surface area contributed by atoms with Crippen molar-refractivity contribution >= 4 is 0 Å². The van der Waals surface area contributed by atoms with Gasteiger partial charge in [0.05, 0.1) is 0 Å². The van der Waals surface area contributed by atoms with E-state index in [9.17, 15) is 0 Å². The van der Waals surface area contributed by atoms with Crippen molar-refractivity contribution in [3.63, 3.8) is 0 Å². The summed E-state index contributed by atoms with van der Waals surface area (Å²) in [7, 11) is 0. The van der Waals surface area contributed by atoms with Crippen LogP contribution in [-0.2, 0) is 6.42 Å². The number of hydrogen-bond acceptors (Lipinski definition) is 1. The zero-order chi connectivity index (χ0) is 6.69. The molecule has 0 fully saturated rings. The highest BCUT2D eigenvalue weighted by Crippen LogP contribution is 1.97. The Morgan fingerprint density at radius 2 is 2.44 bits per heavy atom. The van der Waals surface area contributed by atoms with Crippen LogP contribution in [0, 0.1) is 13.1 Å². The van der Waals surface area contributed by atoms with Crippen LogP contribution < -0.4 is 0 Å². The normalized spacial score (nSPS) is 10.0. The molecule has 2 heteroatoms. The first kappa shape index (κ1) is 6.33. The maximum Gasteiger partial charge on any atom is 0.112 e. The Morgan fingerprint density at radius 1 is 1.67 bits per heavy atom. The number of nitrogens with zero attached hydrogens (tertiary/aromatic N) is 1. The van der Waals surface area contributed by atoms with Crippen molar-refractivity contribution in [2.45, 2.75) is 26.7 Å². The van der Waals surface area contributed by atoms with Gasteiger partial charge in [0.2, 0.25) is 0 Å². The molecule has 9 heavy (non-hydrogen) atoms. The number of rotatable bonds is 2. The van der Waals surface area contributed by atoms with Crippen molar-refractivity contribution in [3.05, 3.63) is 17.7 Å². The summed E-state index contributed by atoms with van der Waals surface area (Å²) in [6, 6.07) is 0. The molecule has 0 amide bonds. The number of aromatic nitrogens is 2. The molecule has 0 saturated heterocycles. The fourth-order valence-corrected chi connectivity index (χ4v) is 0.794. The first-order valence-electron chi connectivity index (χ1n) is 3.26. The lowest BCUT2D eigenvalue weighted by Crippen LogP contribution is -1.81. The van der Waals surface area contributed by atoms with Crippen LogP contribution in [0.15, 0.2) is 0 Å². The number of H-pyrrole nitrogens is 1. The summed E-state index contributed by atoms with van der Waals surface area (Å²) >= 11 is 0. The highest BCUT2D eigenvalue weighted by molar-refractivity contribution is 4.97. The predicted octanol–water partition coefficient (Wildman–Crippen LogP) is 1.47. The summed E-state index contributed by atoms with van der Waals surface area (Å²) in [5.74, 6) is 0.957. The van der Waals surface area contributed by atoms with Gasteiger partial charge in [-0.3, -0.25) is 0 Å². The molecule has 49 valence electrons. The maximum atomic E-state index is 3.95. The van der Waals surface area contributed by atoms with Gasteiger partial charge in [0.1, 0.15) is 12.0 Å². The molecule has 1 N–H and O–H groups in total. The average Bonchev–Trinajstić information content (AvgIpc) is 2.17. The van der Waals surface area contributed by atoms with Crippen molar-refractivity contribution in [2.24, 2.45) is 0 Å². The Bertz CT molecular complexity index is 179. The Labute approximate surface area is 55.3 Å². The SMILES string of the molecule is CCCc1[c]nc(C)[nH]1. The van der Waals surface area contributed by atoms with Crippen LogP contribution in [0.4, 0.5) is 0 Å². The fourth-order valence-electron chi connectivity index (χ4n) is 0.794. The average molecular weight is 123 g/mol. The van der Waals surface area contributed by atoms with Crippen LogP contribution in [-0.4, -0.2) is 9.97 Å². The Morgan fingerprint density at radius 3 is 2.89 bits per heavy atom. The van der Waals surface area contributed by atoms with Crippen LogP contribution in [0.2, 0.25) is 0 Å². The number of aryl methyl sites for hydroxylation is 2. The summed E-state index contributed by atoms with van der Waals surface area (Å²) in [4.78, 5) is 7.06. The van der Waals surface area contributed by atoms with E-state index in [4.69, 9.17) is 0 Å². The molecule has 1 aromatic heterocycles. The third kappa shape index (κ3) is 1.56. The Kier molecular flexibility index (Phi) is 1.88. The molecule has 0 spiro atoms. The van der Waals surface area contributed by atoms with Gasteiger partial charge in [-0.2, -0.15) is 0 Å². The first-order valence-corrected chi connectivity index (χ1v) is 3.26.